The molecular formula is C11H17N5O. The number of hydrogen-bond donors (Lipinski definition) is 2. The topological polar surface area (TPSA) is 70.2 Å². The molecule has 0 aromatic carbocycles. The Morgan fingerprint density at radius 1 is 1.53 bits per heavy atom. The monoisotopic (exact) mass is 235 g/mol. The molecule has 1 saturated heterocycles. The van der Waals surface area contributed by atoms with Gasteiger partial charge in [0.2, 0.25) is 11.9 Å². The molecule has 0 radical (unpaired) electrons. The first-order valence-electron chi connectivity index (χ1n) is 5.75. The smallest absolute Gasteiger partial charge is 0.242 e. The third-order valence-corrected chi connectivity index (χ3v) is 2.96. The third kappa shape index (κ3) is 2.30. The summed E-state index contributed by atoms with van der Waals surface area (Å²) in [6.07, 6.45) is 3.59. The number of nitrogens with zero attached hydrogens (tertiary/aromatic N) is 3. The molecule has 1 aromatic rings. The summed E-state index contributed by atoms with van der Waals surface area (Å²) >= 11 is 0. The van der Waals surface area contributed by atoms with Gasteiger partial charge >= 0.3 is 0 Å². The van der Waals surface area contributed by atoms with Gasteiger partial charge in [-0.05, 0) is 18.9 Å². The molecule has 0 spiro atoms. The molecule has 1 aliphatic rings. The fraction of sp³-hybridized carbons (Fsp3) is 0.545. The molecule has 17 heavy (non-hydrogen) atoms. The van der Waals surface area contributed by atoms with Crippen LogP contribution in [-0.2, 0) is 4.79 Å². The molecule has 2 rings (SSSR count). The molecule has 1 atom stereocenters. The highest BCUT2D eigenvalue weighted by molar-refractivity contribution is 5.85. The van der Waals surface area contributed by atoms with E-state index in [9.17, 15) is 4.79 Å². The fourth-order valence-corrected chi connectivity index (χ4v) is 2.11. The Balaban J connectivity index is 2.22. The lowest BCUT2D eigenvalue weighted by Crippen LogP contribution is -2.42. The Kier molecular flexibility index (Phi) is 3.41. The average Bonchev–Trinajstić information content (AvgIpc) is 2.87. The SMILES string of the molecule is CNC(=O)C1CCCN1c1ccnc(NC)n1. The highest BCUT2D eigenvalue weighted by Crippen LogP contribution is 2.24. The van der Waals surface area contributed by atoms with Gasteiger partial charge in [0.25, 0.3) is 0 Å². The minimum absolute atomic E-state index is 0.0483. The van der Waals surface area contributed by atoms with E-state index in [2.05, 4.69) is 20.6 Å². The maximum Gasteiger partial charge on any atom is 0.242 e. The second-order valence-electron chi connectivity index (χ2n) is 3.95. The second kappa shape index (κ2) is 4.99. The van der Waals surface area contributed by atoms with Crippen LogP contribution in [0.1, 0.15) is 12.8 Å². The normalized spacial score (nSPS) is 19.2. The van der Waals surface area contributed by atoms with E-state index in [0.717, 1.165) is 25.2 Å². The summed E-state index contributed by atoms with van der Waals surface area (Å²) in [6.45, 7) is 0.859. The van der Waals surface area contributed by atoms with Crippen LogP contribution in [0, 0.1) is 0 Å². The number of carbonyl (C=O) groups excluding carboxylic acids is 1. The highest BCUT2D eigenvalue weighted by atomic mass is 16.2. The summed E-state index contributed by atoms with van der Waals surface area (Å²) in [5.74, 6) is 1.42. The first-order valence-corrected chi connectivity index (χ1v) is 5.75. The van der Waals surface area contributed by atoms with Crippen molar-refractivity contribution >= 4 is 17.7 Å². The number of hydrogen-bond acceptors (Lipinski definition) is 5. The van der Waals surface area contributed by atoms with Crippen LogP contribution in [-0.4, -0.2) is 42.6 Å². The predicted octanol–water partition coefficient (Wildman–Crippen LogP) is 0.233. The van der Waals surface area contributed by atoms with Crippen LogP contribution in [0.2, 0.25) is 0 Å². The van der Waals surface area contributed by atoms with E-state index in [0.29, 0.717) is 5.95 Å². The predicted molar refractivity (Wildman–Crippen MR) is 66.0 cm³/mol. The van der Waals surface area contributed by atoms with E-state index in [-0.39, 0.29) is 11.9 Å². The summed E-state index contributed by atoms with van der Waals surface area (Å²) in [7, 11) is 3.44. The van der Waals surface area contributed by atoms with Gasteiger partial charge in [0.1, 0.15) is 11.9 Å². The molecule has 0 aliphatic carbocycles. The molecule has 2 N–H and O–H groups in total. The maximum absolute atomic E-state index is 11.7. The van der Waals surface area contributed by atoms with Gasteiger partial charge in [-0.15, -0.1) is 0 Å². The minimum atomic E-state index is -0.111. The Morgan fingerprint density at radius 2 is 2.35 bits per heavy atom. The second-order valence-corrected chi connectivity index (χ2v) is 3.95. The average molecular weight is 235 g/mol. The first-order chi connectivity index (χ1) is 8.26. The molecule has 1 unspecified atom stereocenters. The van der Waals surface area contributed by atoms with Gasteiger partial charge in [0, 0.05) is 26.8 Å². The third-order valence-electron chi connectivity index (χ3n) is 2.96. The standard InChI is InChI=1S/C11H17N5O/c1-12-10(17)8-4-3-7-16(8)9-5-6-14-11(13-2)15-9/h5-6,8H,3-4,7H2,1-2H3,(H,12,17)(H,13,14,15). The van der Waals surface area contributed by atoms with Crippen molar-refractivity contribution in [3.8, 4) is 0 Å². The van der Waals surface area contributed by atoms with E-state index in [1.165, 1.54) is 0 Å². The van der Waals surface area contributed by atoms with Crippen molar-refractivity contribution in [1.82, 2.24) is 15.3 Å². The zero-order valence-electron chi connectivity index (χ0n) is 10.1. The lowest BCUT2D eigenvalue weighted by molar-refractivity contribution is -0.121. The van der Waals surface area contributed by atoms with E-state index < -0.39 is 0 Å². The van der Waals surface area contributed by atoms with E-state index in [4.69, 9.17) is 0 Å². The zero-order valence-corrected chi connectivity index (χ0v) is 10.1. The van der Waals surface area contributed by atoms with Crippen LogP contribution < -0.4 is 15.5 Å². The highest BCUT2D eigenvalue weighted by Gasteiger charge is 2.30. The van der Waals surface area contributed by atoms with Gasteiger partial charge in [0.15, 0.2) is 0 Å². The van der Waals surface area contributed by atoms with E-state index in [1.54, 1.807) is 20.3 Å². The van der Waals surface area contributed by atoms with Crippen molar-refractivity contribution < 1.29 is 4.79 Å². The molecule has 0 bridgehead atoms. The van der Waals surface area contributed by atoms with Gasteiger partial charge in [-0.2, -0.15) is 4.98 Å². The van der Waals surface area contributed by atoms with Gasteiger partial charge in [0.05, 0.1) is 0 Å². The summed E-state index contributed by atoms with van der Waals surface area (Å²) in [4.78, 5) is 22.2. The Bertz CT molecular complexity index is 409. The summed E-state index contributed by atoms with van der Waals surface area (Å²) in [5, 5.41) is 5.60. The van der Waals surface area contributed by atoms with Crippen molar-refractivity contribution in [1.29, 1.82) is 0 Å². The molecule has 1 amide bonds. The van der Waals surface area contributed by atoms with Crippen LogP contribution in [0.25, 0.3) is 0 Å². The molecule has 0 saturated carbocycles. The number of amides is 1. The lowest BCUT2D eigenvalue weighted by Gasteiger charge is -2.24. The number of rotatable bonds is 3. The Morgan fingerprint density at radius 3 is 3.06 bits per heavy atom. The molecule has 1 aromatic heterocycles. The van der Waals surface area contributed by atoms with Gasteiger partial charge in [-0.25, -0.2) is 4.98 Å². The van der Waals surface area contributed by atoms with Crippen LogP contribution in [0.15, 0.2) is 12.3 Å². The Hall–Kier alpha value is -1.85. The quantitative estimate of drug-likeness (QED) is 0.785. The van der Waals surface area contributed by atoms with Gasteiger partial charge in [-0.3, -0.25) is 4.79 Å². The number of nitrogens with one attached hydrogen (secondary N) is 2. The summed E-state index contributed by atoms with van der Waals surface area (Å²) in [5.41, 5.74) is 0. The minimum Gasteiger partial charge on any atom is -0.357 e. The van der Waals surface area contributed by atoms with Crippen molar-refractivity contribution in [2.24, 2.45) is 0 Å². The van der Waals surface area contributed by atoms with Crippen molar-refractivity contribution in [2.75, 3.05) is 30.9 Å². The number of anilines is 2. The van der Waals surface area contributed by atoms with Gasteiger partial charge in [-0.1, -0.05) is 0 Å². The van der Waals surface area contributed by atoms with Crippen molar-refractivity contribution in [3.05, 3.63) is 12.3 Å². The van der Waals surface area contributed by atoms with Crippen LogP contribution in [0.3, 0.4) is 0 Å². The zero-order chi connectivity index (χ0) is 12.3. The van der Waals surface area contributed by atoms with Crippen LogP contribution >= 0.6 is 0 Å². The molecular weight excluding hydrogens is 218 g/mol. The van der Waals surface area contributed by atoms with Crippen molar-refractivity contribution in [3.63, 3.8) is 0 Å². The number of carbonyl (C=O) groups is 1. The molecule has 6 nitrogen and oxygen atoms in total. The van der Waals surface area contributed by atoms with Gasteiger partial charge < -0.3 is 15.5 Å². The summed E-state index contributed by atoms with van der Waals surface area (Å²) in [6, 6.07) is 1.72. The van der Waals surface area contributed by atoms with Crippen molar-refractivity contribution in [2.45, 2.75) is 18.9 Å². The largest absolute Gasteiger partial charge is 0.357 e. The molecule has 1 aliphatic heterocycles. The molecule has 92 valence electrons. The maximum atomic E-state index is 11.7. The first kappa shape index (κ1) is 11.6. The summed E-state index contributed by atoms with van der Waals surface area (Å²) < 4.78 is 0. The number of likely N-dealkylation sites (N-methyl/N-ethyl adjacent to an activating group) is 1. The molecule has 1 fully saturated rings. The van der Waals surface area contributed by atoms with E-state index in [1.807, 2.05) is 11.0 Å². The van der Waals surface area contributed by atoms with E-state index >= 15 is 0 Å². The molecule has 6 heteroatoms. The fourth-order valence-electron chi connectivity index (χ4n) is 2.11. The Labute approximate surface area is 100 Å². The van der Waals surface area contributed by atoms with Crippen LogP contribution in [0.5, 0.6) is 0 Å². The molecule has 2 heterocycles. The number of aromatic nitrogens is 2. The van der Waals surface area contributed by atoms with Crippen LogP contribution in [0.4, 0.5) is 11.8 Å². The lowest BCUT2D eigenvalue weighted by atomic mass is 10.2.